The lowest BCUT2D eigenvalue weighted by Gasteiger charge is -2.12. The first-order chi connectivity index (χ1) is 15.9. The van der Waals surface area contributed by atoms with Gasteiger partial charge in [0.1, 0.15) is 24.0 Å². The molecule has 0 heterocycles. The van der Waals surface area contributed by atoms with Crippen LogP contribution in [0.3, 0.4) is 0 Å². The Hall–Kier alpha value is -3.04. The van der Waals surface area contributed by atoms with Crippen LogP contribution in [-0.4, -0.2) is 5.91 Å². The third-order valence-electron chi connectivity index (χ3n) is 4.59. The second-order valence-corrected chi connectivity index (χ2v) is 8.76. The summed E-state index contributed by atoms with van der Waals surface area (Å²) in [4.78, 5) is 12.6. The standard InChI is InChI=1S/C26H19BrCl2N2O2/c1-2-4-19-11-17(8-10-25(19)33-16-18-7-9-23(28)24(29)13-18)12-20(15-30)26(32)31-22-6-3-5-21(27)14-22/h2-3,5-14H,1,4,16H2,(H,31,32)/b20-12-. The molecule has 3 aromatic rings. The van der Waals surface area contributed by atoms with Crippen LogP contribution in [0.4, 0.5) is 5.69 Å². The fraction of sp³-hybridized carbons (Fsp3) is 0.0769. The summed E-state index contributed by atoms with van der Waals surface area (Å²) in [6.07, 6.45) is 3.87. The summed E-state index contributed by atoms with van der Waals surface area (Å²) >= 11 is 15.4. The van der Waals surface area contributed by atoms with Gasteiger partial charge in [0.2, 0.25) is 0 Å². The maximum atomic E-state index is 12.6. The van der Waals surface area contributed by atoms with Crippen LogP contribution >= 0.6 is 39.1 Å². The molecule has 3 aromatic carbocycles. The minimum atomic E-state index is -0.485. The number of benzene rings is 3. The van der Waals surface area contributed by atoms with Crippen molar-refractivity contribution in [2.75, 3.05) is 5.32 Å². The van der Waals surface area contributed by atoms with E-state index in [2.05, 4.69) is 27.8 Å². The Bertz CT molecular complexity index is 1270. The van der Waals surface area contributed by atoms with E-state index in [0.717, 1.165) is 15.6 Å². The van der Waals surface area contributed by atoms with Gasteiger partial charge in [-0.2, -0.15) is 5.26 Å². The molecule has 166 valence electrons. The minimum absolute atomic E-state index is 0.0102. The smallest absolute Gasteiger partial charge is 0.266 e. The molecule has 0 aromatic heterocycles. The molecule has 0 aliphatic rings. The Morgan fingerprint density at radius 1 is 1.12 bits per heavy atom. The van der Waals surface area contributed by atoms with Gasteiger partial charge in [0, 0.05) is 10.2 Å². The Kier molecular flexibility index (Phi) is 8.73. The average Bonchev–Trinajstić information content (AvgIpc) is 2.79. The van der Waals surface area contributed by atoms with Crippen molar-refractivity contribution in [3.05, 3.63) is 110 Å². The summed E-state index contributed by atoms with van der Waals surface area (Å²) in [6.45, 7) is 4.12. The summed E-state index contributed by atoms with van der Waals surface area (Å²) in [5.74, 6) is 0.191. The van der Waals surface area contributed by atoms with Gasteiger partial charge >= 0.3 is 0 Å². The van der Waals surface area contributed by atoms with Crippen molar-refractivity contribution in [1.29, 1.82) is 5.26 Å². The van der Waals surface area contributed by atoms with Gasteiger partial charge in [-0.15, -0.1) is 6.58 Å². The van der Waals surface area contributed by atoms with Crippen LogP contribution in [0, 0.1) is 11.3 Å². The number of hydrogen-bond donors (Lipinski definition) is 1. The zero-order valence-electron chi connectivity index (χ0n) is 17.4. The van der Waals surface area contributed by atoms with Crippen LogP contribution in [0.2, 0.25) is 10.0 Å². The Balaban J connectivity index is 1.79. The molecule has 0 aliphatic heterocycles. The lowest BCUT2D eigenvalue weighted by atomic mass is 10.0. The van der Waals surface area contributed by atoms with Crippen molar-refractivity contribution in [3.8, 4) is 11.8 Å². The number of hydrogen-bond acceptors (Lipinski definition) is 3. The maximum absolute atomic E-state index is 12.6. The molecule has 0 saturated carbocycles. The molecule has 1 N–H and O–H groups in total. The topological polar surface area (TPSA) is 62.1 Å². The van der Waals surface area contributed by atoms with Crippen LogP contribution in [0.15, 0.2) is 83.4 Å². The molecule has 0 aliphatic carbocycles. The van der Waals surface area contributed by atoms with E-state index in [-0.39, 0.29) is 5.57 Å². The molecule has 7 heteroatoms. The largest absolute Gasteiger partial charge is 0.489 e. The second kappa shape index (κ2) is 11.7. The van der Waals surface area contributed by atoms with E-state index in [4.69, 9.17) is 27.9 Å². The monoisotopic (exact) mass is 540 g/mol. The molecule has 0 atom stereocenters. The second-order valence-electron chi connectivity index (χ2n) is 7.03. The maximum Gasteiger partial charge on any atom is 0.266 e. The quantitative estimate of drug-likeness (QED) is 0.181. The molecular formula is C26H19BrCl2N2O2. The highest BCUT2D eigenvalue weighted by molar-refractivity contribution is 9.10. The van der Waals surface area contributed by atoms with Crippen molar-refractivity contribution in [2.24, 2.45) is 0 Å². The first-order valence-electron chi connectivity index (χ1n) is 9.89. The highest BCUT2D eigenvalue weighted by Crippen LogP contribution is 2.26. The van der Waals surface area contributed by atoms with Crippen molar-refractivity contribution in [1.82, 2.24) is 0 Å². The van der Waals surface area contributed by atoms with Gasteiger partial charge in [-0.3, -0.25) is 4.79 Å². The van der Waals surface area contributed by atoms with Crippen molar-refractivity contribution >= 4 is 56.8 Å². The Morgan fingerprint density at radius 3 is 2.64 bits per heavy atom. The normalized spacial score (nSPS) is 10.9. The van der Waals surface area contributed by atoms with Crippen LogP contribution in [0.5, 0.6) is 5.75 Å². The SMILES string of the molecule is C=CCc1cc(/C=C(/C#N)C(=O)Nc2cccc(Br)c2)ccc1OCc1ccc(Cl)c(Cl)c1. The number of nitrogens with zero attached hydrogens (tertiary/aromatic N) is 1. The number of halogens is 3. The number of allylic oxidation sites excluding steroid dienone is 1. The average molecular weight is 542 g/mol. The zero-order chi connectivity index (χ0) is 23.8. The Morgan fingerprint density at radius 2 is 1.94 bits per heavy atom. The molecule has 0 saturated heterocycles. The van der Waals surface area contributed by atoms with Crippen LogP contribution in [0.1, 0.15) is 16.7 Å². The lowest BCUT2D eigenvalue weighted by molar-refractivity contribution is -0.112. The molecule has 0 fully saturated rings. The number of amides is 1. The number of carbonyl (C=O) groups excluding carboxylic acids is 1. The van der Waals surface area contributed by atoms with Crippen LogP contribution in [0.25, 0.3) is 6.08 Å². The van der Waals surface area contributed by atoms with Crippen molar-refractivity contribution in [3.63, 3.8) is 0 Å². The predicted molar refractivity (Wildman–Crippen MR) is 137 cm³/mol. The Labute approximate surface area is 211 Å². The summed E-state index contributed by atoms with van der Waals surface area (Å²) in [5, 5.41) is 13.2. The number of nitrogens with one attached hydrogen (secondary N) is 1. The van der Waals surface area contributed by atoms with Crippen LogP contribution < -0.4 is 10.1 Å². The summed E-state index contributed by atoms with van der Waals surface area (Å²) in [6, 6.07) is 19.9. The lowest BCUT2D eigenvalue weighted by Crippen LogP contribution is -2.13. The van der Waals surface area contributed by atoms with E-state index in [0.29, 0.717) is 40.1 Å². The van der Waals surface area contributed by atoms with Gasteiger partial charge in [-0.05, 0) is 71.7 Å². The highest BCUT2D eigenvalue weighted by Gasteiger charge is 2.11. The highest BCUT2D eigenvalue weighted by atomic mass is 79.9. The number of ether oxygens (including phenoxy) is 1. The number of carbonyl (C=O) groups is 1. The first kappa shape index (κ1) is 24.6. The third kappa shape index (κ3) is 6.97. The van der Waals surface area contributed by atoms with Crippen LogP contribution in [-0.2, 0) is 17.8 Å². The van der Waals surface area contributed by atoms with Gasteiger partial charge in [0.15, 0.2) is 0 Å². The third-order valence-corrected chi connectivity index (χ3v) is 5.82. The van der Waals surface area contributed by atoms with E-state index in [1.165, 1.54) is 0 Å². The van der Waals surface area contributed by atoms with Gasteiger partial charge in [-0.25, -0.2) is 0 Å². The summed E-state index contributed by atoms with van der Waals surface area (Å²) < 4.78 is 6.80. The van der Waals surface area contributed by atoms with E-state index in [9.17, 15) is 10.1 Å². The zero-order valence-corrected chi connectivity index (χ0v) is 20.5. The van der Waals surface area contributed by atoms with Gasteiger partial charge < -0.3 is 10.1 Å². The molecule has 1 amide bonds. The molecule has 33 heavy (non-hydrogen) atoms. The molecule has 0 spiro atoms. The van der Waals surface area contributed by atoms with E-state index in [1.54, 1.807) is 48.6 Å². The summed E-state index contributed by atoms with van der Waals surface area (Å²) in [5.41, 5.74) is 3.05. The number of nitriles is 1. The molecule has 3 rings (SSSR count). The van der Waals surface area contributed by atoms with Gasteiger partial charge in [0.05, 0.1) is 10.0 Å². The molecule has 0 bridgehead atoms. The molecular weight excluding hydrogens is 523 g/mol. The van der Waals surface area contributed by atoms with Crippen molar-refractivity contribution in [2.45, 2.75) is 13.0 Å². The molecule has 0 unspecified atom stereocenters. The number of rotatable bonds is 8. The predicted octanol–water partition coefficient (Wildman–Crippen LogP) is 7.61. The molecule has 4 nitrogen and oxygen atoms in total. The fourth-order valence-corrected chi connectivity index (χ4v) is 3.74. The number of anilines is 1. The van der Waals surface area contributed by atoms with E-state index in [1.807, 2.05) is 30.3 Å². The van der Waals surface area contributed by atoms with Crippen molar-refractivity contribution < 1.29 is 9.53 Å². The minimum Gasteiger partial charge on any atom is -0.489 e. The summed E-state index contributed by atoms with van der Waals surface area (Å²) in [7, 11) is 0. The molecule has 0 radical (unpaired) electrons. The van der Waals surface area contributed by atoms with Gasteiger partial charge in [0.25, 0.3) is 5.91 Å². The van der Waals surface area contributed by atoms with E-state index < -0.39 is 5.91 Å². The van der Waals surface area contributed by atoms with E-state index >= 15 is 0 Å². The van der Waals surface area contributed by atoms with Gasteiger partial charge in [-0.1, -0.05) is 63.4 Å². The first-order valence-corrected chi connectivity index (χ1v) is 11.4. The fourth-order valence-electron chi connectivity index (χ4n) is 3.02.